The standard InChI is InChI=1S/C13H9ClN2O/c14-9-4-5-12(17)10(8-9)11-2-1-3-13-15-6-7-16(11)13/h1-8,17H. The first-order valence-electron chi connectivity index (χ1n) is 5.17. The third-order valence-corrected chi connectivity index (χ3v) is 2.90. The van der Waals surface area contributed by atoms with Crippen molar-refractivity contribution in [3.63, 3.8) is 0 Å². The quantitative estimate of drug-likeness (QED) is 0.713. The summed E-state index contributed by atoms with van der Waals surface area (Å²) < 4.78 is 1.91. The molecule has 0 radical (unpaired) electrons. The molecule has 17 heavy (non-hydrogen) atoms. The van der Waals surface area contributed by atoms with E-state index in [1.54, 1.807) is 24.4 Å². The monoisotopic (exact) mass is 244 g/mol. The summed E-state index contributed by atoms with van der Waals surface area (Å²) in [5.41, 5.74) is 2.39. The molecule has 0 atom stereocenters. The van der Waals surface area contributed by atoms with E-state index in [0.717, 1.165) is 11.3 Å². The Balaban J connectivity index is 2.34. The Morgan fingerprint density at radius 2 is 2.06 bits per heavy atom. The van der Waals surface area contributed by atoms with Gasteiger partial charge in [-0.15, -0.1) is 0 Å². The molecule has 0 fully saturated rings. The van der Waals surface area contributed by atoms with Gasteiger partial charge in [0.25, 0.3) is 0 Å². The van der Waals surface area contributed by atoms with Crippen LogP contribution >= 0.6 is 11.6 Å². The van der Waals surface area contributed by atoms with E-state index < -0.39 is 0 Å². The summed E-state index contributed by atoms with van der Waals surface area (Å²) >= 11 is 5.96. The second kappa shape index (κ2) is 3.79. The van der Waals surface area contributed by atoms with Gasteiger partial charge in [0.1, 0.15) is 11.4 Å². The molecule has 0 saturated heterocycles. The van der Waals surface area contributed by atoms with E-state index in [9.17, 15) is 5.11 Å². The fraction of sp³-hybridized carbons (Fsp3) is 0. The van der Waals surface area contributed by atoms with Crippen molar-refractivity contribution in [3.05, 3.63) is 53.8 Å². The summed E-state index contributed by atoms with van der Waals surface area (Å²) in [5, 5.41) is 10.5. The summed E-state index contributed by atoms with van der Waals surface area (Å²) in [4.78, 5) is 4.21. The van der Waals surface area contributed by atoms with Crippen LogP contribution in [0.1, 0.15) is 0 Å². The van der Waals surface area contributed by atoms with Crippen LogP contribution in [0.5, 0.6) is 5.75 Å². The third kappa shape index (κ3) is 1.65. The summed E-state index contributed by atoms with van der Waals surface area (Å²) in [6.07, 6.45) is 3.57. The van der Waals surface area contributed by atoms with Crippen LogP contribution in [0.2, 0.25) is 5.02 Å². The molecule has 1 N–H and O–H groups in total. The molecule has 0 aliphatic heterocycles. The van der Waals surface area contributed by atoms with Gasteiger partial charge in [-0.25, -0.2) is 4.98 Å². The molecule has 3 nitrogen and oxygen atoms in total. The normalized spacial score (nSPS) is 10.9. The number of phenols is 1. The Bertz CT molecular complexity index is 691. The summed E-state index contributed by atoms with van der Waals surface area (Å²) in [6.45, 7) is 0. The lowest BCUT2D eigenvalue weighted by atomic mass is 10.1. The minimum atomic E-state index is 0.204. The molecule has 0 amide bonds. The predicted octanol–water partition coefficient (Wildman–Crippen LogP) is 3.36. The molecule has 3 rings (SSSR count). The van der Waals surface area contributed by atoms with Crippen LogP contribution in [0.3, 0.4) is 0 Å². The van der Waals surface area contributed by atoms with Crippen molar-refractivity contribution in [3.8, 4) is 17.0 Å². The second-order valence-electron chi connectivity index (χ2n) is 3.73. The summed E-state index contributed by atoms with van der Waals surface area (Å²) in [6, 6.07) is 10.7. The Morgan fingerprint density at radius 1 is 1.18 bits per heavy atom. The Kier molecular flexibility index (Phi) is 2.27. The first-order valence-corrected chi connectivity index (χ1v) is 5.54. The third-order valence-electron chi connectivity index (χ3n) is 2.66. The fourth-order valence-corrected chi connectivity index (χ4v) is 2.05. The van der Waals surface area contributed by atoms with Gasteiger partial charge >= 0.3 is 0 Å². The Hall–Kier alpha value is -2.00. The van der Waals surface area contributed by atoms with Gasteiger partial charge in [-0.1, -0.05) is 17.7 Å². The van der Waals surface area contributed by atoms with E-state index in [-0.39, 0.29) is 5.75 Å². The van der Waals surface area contributed by atoms with Crippen LogP contribution in [0, 0.1) is 0 Å². The van der Waals surface area contributed by atoms with Gasteiger partial charge in [0, 0.05) is 23.0 Å². The maximum atomic E-state index is 9.89. The number of nitrogens with zero attached hydrogens (tertiary/aromatic N) is 2. The molecule has 0 spiro atoms. The topological polar surface area (TPSA) is 37.5 Å². The SMILES string of the molecule is Oc1ccc(Cl)cc1-c1cccc2nccn12. The highest BCUT2D eigenvalue weighted by molar-refractivity contribution is 6.30. The molecule has 0 saturated carbocycles. The predicted molar refractivity (Wildman–Crippen MR) is 67.3 cm³/mol. The molecule has 84 valence electrons. The smallest absolute Gasteiger partial charge is 0.137 e. The number of hydrogen-bond acceptors (Lipinski definition) is 2. The maximum Gasteiger partial charge on any atom is 0.137 e. The lowest BCUT2D eigenvalue weighted by molar-refractivity contribution is 0.477. The molecule has 0 bridgehead atoms. The van der Waals surface area contributed by atoms with Crippen molar-refractivity contribution >= 4 is 17.2 Å². The maximum absolute atomic E-state index is 9.89. The number of fused-ring (bicyclic) bond motifs is 1. The molecule has 2 aromatic heterocycles. The molecule has 1 aromatic carbocycles. The van der Waals surface area contributed by atoms with E-state index in [2.05, 4.69) is 4.98 Å². The number of rotatable bonds is 1. The number of imidazole rings is 1. The van der Waals surface area contributed by atoms with E-state index in [1.807, 2.05) is 28.8 Å². The second-order valence-corrected chi connectivity index (χ2v) is 4.16. The number of hydrogen-bond donors (Lipinski definition) is 1. The first kappa shape index (κ1) is 10.2. The van der Waals surface area contributed by atoms with Crippen molar-refractivity contribution in [2.24, 2.45) is 0 Å². The van der Waals surface area contributed by atoms with Gasteiger partial charge in [0.2, 0.25) is 0 Å². The summed E-state index contributed by atoms with van der Waals surface area (Å²) in [5.74, 6) is 0.204. The minimum Gasteiger partial charge on any atom is -0.507 e. The lowest BCUT2D eigenvalue weighted by Crippen LogP contribution is -1.90. The average Bonchev–Trinajstić information content (AvgIpc) is 2.80. The zero-order valence-corrected chi connectivity index (χ0v) is 9.59. The zero-order chi connectivity index (χ0) is 11.8. The zero-order valence-electron chi connectivity index (χ0n) is 8.84. The van der Waals surface area contributed by atoms with Gasteiger partial charge in [-0.2, -0.15) is 0 Å². The fourth-order valence-electron chi connectivity index (χ4n) is 1.88. The van der Waals surface area contributed by atoms with Gasteiger partial charge in [-0.3, -0.25) is 4.40 Å². The highest BCUT2D eigenvalue weighted by Crippen LogP contribution is 2.31. The van der Waals surface area contributed by atoms with Gasteiger partial charge in [-0.05, 0) is 30.3 Å². The van der Waals surface area contributed by atoms with Crippen LogP contribution in [0.25, 0.3) is 16.9 Å². The van der Waals surface area contributed by atoms with Crippen LogP contribution in [-0.4, -0.2) is 14.5 Å². The number of phenolic OH excluding ortho intramolecular Hbond substituents is 1. The number of halogens is 1. The van der Waals surface area contributed by atoms with E-state index in [0.29, 0.717) is 10.6 Å². The molecular weight excluding hydrogens is 236 g/mol. The van der Waals surface area contributed by atoms with E-state index >= 15 is 0 Å². The molecule has 0 unspecified atom stereocenters. The average molecular weight is 245 g/mol. The Morgan fingerprint density at radius 3 is 2.94 bits per heavy atom. The van der Waals surface area contributed by atoms with Crippen molar-refractivity contribution < 1.29 is 5.11 Å². The summed E-state index contributed by atoms with van der Waals surface area (Å²) in [7, 11) is 0. The lowest BCUT2D eigenvalue weighted by Gasteiger charge is -2.08. The number of aromatic hydroxyl groups is 1. The van der Waals surface area contributed by atoms with Gasteiger partial charge in [0.15, 0.2) is 0 Å². The molecule has 2 heterocycles. The van der Waals surface area contributed by atoms with Crippen LogP contribution in [0.4, 0.5) is 0 Å². The largest absolute Gasteiger partial charge is 0.507 e. The van der Waals surface area contributed by atoms with Crippen LogP contribution < -0.4 is 0 Å². The van der Waals surface area contributed by atoms with Crippen LogP contribution in [0.15, 0.2) is 48.8 Å². The van der Waals surface area contributed by atoms with Crippen molar-refractivity contribution in [1.82, 2.24) is 9.38 Å². The van der Waals surface area contributed by atoms with Crippen molar-refractivity contribution in [2.75, 3.05) is 0 Å². The molecule has 0 aliphatic carbocycles. The number of pyridine rings is 1. The van der Waals surface area contributed by atoms with E-state index in [1.165, 1.54) is 0 Å². The number of aromatic nitrogens is 2. The van der Waals surface area contributed by atoms with Crippen LogP contribution in [-0.2, 0) is 0 Å². The highest BCUT2D eigenvalue weighted by atomic mass is 35.5. The first-order chi connectivity index (χ1) is 8.25. The van der Waals surface area contributed by atoms with Gasteiger partial charge < -0.3 is 5.11 Å². The minimum absolute atomic E-state index is 0.204. The van der Waals surface area contributed by atoms with E-state index in [4.69, 9.17) is 11.6 Å². The molecular formula is C13H9ClN2O. The molecule has 3 aromatic rings. The Labute approximate surface area is 103 Å². The molecule has 4 heteroatoms. The van der Waals surface area contributed by atoms with Crippen molar-refractivity contribution in [1.29, 1.82) is 0 Å². The van der Waals surface area contributed by atoms with Crippen molar-refractivity contribution in [2.45, 2.75) is 0 Å². The highest BCUT2D eigenvalue weighted by Gasteiger charge is 2.08. The van der Waals surface area contributed by atoms with Gasteiger partial charge in [0.05, 0.1) is 5.69 Å². The molecule has 0 aliphatic rings. The number of benzene rings is 1.